The number of aromatic nitrogens is 2. The fourth-order valence-electron chi connectivity index (χ4n) is 2.35. The number of rotatable bonds is 6. The van der Waals surface area contributed by atoms with Gasteiger partial charge in [-0.15, -0.1) is 6.42 Å². The average molecular weight is 335 g/mol. The first-order chi connectivity index (χ1) is 12.2. The summed E-state index contributed by atoms with van der Waals surface area (Å²) in [6.45, 7) is 0.753. The molecule has 6 heteroatoms. The lowest BCUT2D eigenvalue weighted by Gasteiger charge is -2.12. The molecule has 126 valence electrons. The Morgan fingerprint density at radius 2 is 2.08 bits per heavy atom. The van der Waals surface area contributed by atoms with Crippen molar-refractivity contribution in [2.24, 2.45) is 0 Å². The van der Waals surface area contributed by atoms with Gasteiger partial charge in [-0.3, -0.25) is 0 Å². The number of aromatic hydroxyl groups is 1. The third kappa shape index (κ3) is 3.79. The van der Waals surface area contributed by atoms with Gasteiger partial charge in [0, 0.05) is 29.8 Å². The minimum absolute atomic E-state index is 0.0163. The molecule has 2 N–H and O–H groups in total. The Morgan fingerprint density at radius 1 is 1.20 bits per heavy atom. The molecule has 3 aromatic rings. The molecule has 3 rings (SSSR count). The molecule has 0 spiro atoms. The SMILES string of the molecule is C#Cc1cccc(Nc2ncnc3cc(O)c(OCCOC)cc23)c1. The normalized spacial score (nSPS) is 10.4. The first-order valence-corrected chi connectivity index (χ1v) is 7.64. The van der Waals surface area contributed by atoms with Gasteiger partial charge in [0.25, 0.3) is 0 Å². The van der Waals surface area contributed by atoms with E-state index in [0.29, 0.717) is 30.3 Å². The molecule has 0 saturated carbocycles. The van der Waals surface area contributed by atoms with Gasteiger partial charge in [-0.05, 0) is 24.3 Å². The van der Waals surface area contributed by atoms with Crippen LogP contribution < -0.4 is 10.1 Å². The summed E-state index contributed by atoms with van der Waals surface area (Å²) in [5, 5.41) is 14.0. The summed E-state index contributed by atoms with van der Waals surface area (Å²) in [5.41, 5.74) is 2.18. The van der Waals surface area contributed by atoms with Gasteiger partial charge in [0.2, 0.25) is 0 Å². The number of methoxy groups -OCH3 is 1. The van der Waals surface area contributed by atoms with Crippen molar-refractivity contribution in [3.63, 3.8) is 0 Å². The largest absolute Gasteiger partial charge is 0.504 e. The minimum atomic E-state index is 0.0163. The van der Waals surface area contributed by atoms with E-state index in [0.717, 1.165) is 16.6 Å². The Hall–Kier alpha value is -3.30. The van der Waals surface area contributed by atoms with Crippen LogP contribution >= 0.6 is 0 Å². The number of anilines is 2. The Kier molecular flexibility index (Phi) is 4.97. The highest BCUT2D eigenvalue weighted by molar-refractivity contribution is 5.93. The number of hydrogen-bond donors (Lipinski definition) is 2. The zero-order valence-electron chi connectivity index (χ0n) is 13.7. The van der Waals surface area contributed by atoms with Gasteiger partial charge in [0.05, 0.1) is 12.1 Å². The van der Waals surface area contributed by atoms with Crippen LogP contribution in [0.25, 0.3) is 10.9 Å². The molecule has 0 aliphatic heterocycles. The van der Waals surface area contributed by atoms with Crippen molar-refractivity contribution in [1.82, 2.24) is 9.97 Å². The molecule has 2 aromatic carbocycles. The molecule has 0 radical (unpaired) electrons. The zero-order valence-corrected chi connectivity index (χ0v) is 13.7. The molecule has 0 aliphatic rings. The van der Waals surface area contributed by atoms with Crippen LogP contribution in [0, 0.1) is 12.3 Å². The highest BCUT2D eigenvalue weighted by Gasteiger charge is 2.11. The molecule has 0 atom stereocenters. The molecule has 0 fully saturated rings. The summed E-state index contributed by atoms with van der Waals surface area (Å²) < 4.78 is 10.5. The third-order valence-corrected chi connectivity index (χ3v) is 3.55. The van der Waals surface area contributed by atoms with Crippen LogP contribution in [0.2, 0.25) is 0 Å². The summed E-state index contributed by atoms with van der Waals surface area (Å²) in [4.78, 5) is 8.48. The fourth-order valence-corrected chi connectivity index (χ4v) is 2.35. The number of nitrogens with zero attached hydrogens (tertiary/aromatic N) is 2. The van der Waals surface area contributed by atoms with E-state index < -0.39 is 0 Å². The topological polar surface area (TPSA) is 76.5 Å². The second kappa shape index (κ2) is 7.51. The molecule has 25 heavy (non-hydrogen) atoms. The lowest BCUT2D eigenvalue weighted by Crippen LogP contribution is -2.04. The smallest absolute Gasteiger partial charge is 0.161 e. The van der Waals surface area contributed by atoms with Crippen molar-refractivity contribution < 1.29 is 14.6 Å². The van der Waals surface area contributed by atoms with Gasteiger partial charge in [-0.25, -0.2) is 9.97 Å². The molecular weight excluding hydrogens is 318 g/mol. The van der Waals surface area contributed by atoms with Gasteiger partial charge in [0.1, 0.15) is 18.8 Å². The first-order valence-electron chi connectivity index (χ1n) is 7.64. The minimum Gasteiger partial charge on any atom is -0.504 e. The Morgan fingerprint density at radius 3 is 2.88 bits per heavy atom. The summed E-state index contributed by atoms with van der Waals surface area (Å²) in [7, 11) is 1.59. The summed E-state index contributed by atoms with van der Waals surface area (Å²) >= 11 is 0. The molecule has 0 amide bonds. The van der Waals surface area contributed by atoms with Crippen LogP contribution in [0.15, 0.2) is 42.7 Å². The fraction of sp³-hybridized carbons (Fsp3) is 0.158. The van der Waals surface area contributed by atoms with Crippen LogP contribution in [0.5, 0.6) is 11.5 Å². The summed E-state index contributed by atoms with van der Waals surface area (Å²) in [5.74, 6) is 3.55. The maximum absolute atomic E-state index is 10.1. The van der Waals surface area contributed by atoms with E-state index in [9.17, 15) is 5.11 Å². The monoisotopic (exact) mass is 335 g/mol. The Bertz CT molecular complexity index is 935. The predicted octanol–water partition coefficient (Wildman–Crippen LogP) is 3.09. The predicted molar refractivity (Wildman–Crippen MR) is 96.2 cm³/mol. The van der Waals surface area contributed by atoms with E-state index >= 15 is 0 Å². The summed E-state index contributed by atoms with van der Waals surface area (Å²) in [6.07, 6.45) is 6.87. The van der Waals surface area contributed by atoms with Crippen molar-refractivity contribution in [1.29, 1.82) is 0 Å². The molecule has 0 saturated heterocycles. The number of phenolic OH excluding ortho intramolecular Hbond substituents is 1. The second-order valence-electron chi connectivity index (χ2n) is 5.25. The van der Waals surface area contributed by atoms with Crippen molar-refractivity contribution in [3.8, 4) is 23.8 Å². The van der Waals surface area contributed by atoms with Crippen molar-refractivity contribution in [2.45, 2.75) is 0 Å². The number of ether oxygens (including phenoxy) is 2. The maximum Gasteiger partial charge on any atom is 0.161 e. The van der Waals surface area contributed by atoms with Crippen molar-refractivity contribution in [3.05, 3.63) is 48.3 Å². The highest BCUT2D eigenvalue weighted by atomic mass is 16.5. The Balaban J connectivity index is 1.97. The van der Waals surface area contributed by atoms with Gasteiger partial charge in [0.15, 0.2) is 11.5 Å². The standard InChI is InChI=1S/C19H17N3O3/c1-3-13-5-4-6-14(9-13)22-19-15-10-18(25-8-7-24-2)17(23)11-16(15)20-12-21-19/h1,4-6,9-12,23H,7-8H2,2H3,(H,20,21,22). The molecular formula is C19H17N3O3. The van der Waals surface area contributed by atoms with Gasteiger partial charge < -0.3 is 19.9 Å². The highest BCUT2D eigenvalue weighted by Crippen LogP contribution is 2.33. The maximum atomic E-state index is 10.1. The van der Waals surface area contributed by atoms with Gasteiger partial charge in [-0.2, -0.15) is 0 Å². The van der Waals surface area contributed by atoms with E-state index in [2.05, 4.69) is 21.2 Å². The lowest BCUT2D eigenvalue weighted by molar-refractivity contribution is 0.144. The first kappa shape index (κ1) is 16.6. The van der Waals surface area contributed by atoms with Gasteiger partial charge >= 0.3 is 0 Å². The summed E-state index contributed by atoms with van der Waals surface area (Å²) in [6, 6.07) is 10.7. The van der Waals surface area contributed by atoms with Crippen LogP contribution in [0.1, 0.15) is 5.56 Å². The quantitative estimate of drug-likeness (QED) is 0.532. The molecule has 0 aliphatic carbocycles. The molecule has 1 heterocycles. The lowest BCUT2D eigenvalue weighted by atomic mass is 10.2. The van der Waals surface area contributed by atoms with Gasteiger partial charge in [-0.1, -0.05) is 12.0 Å². The second-order valence-corrected chi connectivity index (χ2v) is 5.25. The van der Waals surface area contributed by atoms with E-state index in [4.69, 9.17) is 15.9 Å². The van der Waals surface area contributed by atoms with Crippen LogP contribution in [0.4, 0.5) is 11.5 Å². The van der Waals surface area contributed by atoms with Crippen LogP contribution in [-0.4, -0.2) is 35.4 Å². The van der Waals surface area contributed by atoms with E-state index in [-0.39, 0.29) is 5.75 Å². The van der Waals surface area contributed by atoms with Crippen LogP contribution in [0.3, 0.4) is 0 Å². The van der Waals surface area contributed by atoms with Crippen molar-refractivity contribution >= 4 is 22.4 Å². The molecule has 1 aromatic heterocycles. The van der Waals surface area contributed by atoms with E-state index in [1.165, 1.54) is 6.33 Å². The number of terminal acetylenes is 1. The Labute approximate surface area is 145 Å². The number of benzene rings is 2. The number of hydrogen-bond acceptors (Lipinski definition) is 6. The van der Waals surface area contributed by atoms with Crippen LogP contribution in [-0.2, 0) is 4.74 Å². The third-order valence-electron chi connectivity index (χ3n) is 3.55. The molecule has 0 bridgehead atoms. The molecule has 6 nitrogen and oxygen atoms in total. The number of nitrogens with one attached hydrogen (secondary N) is 1. The number of phenols is 1. The average Bonchev–Trinajstić information content (AvgIpc) is 2.63. The van der Waals surface area contributed by atoms with Crippen molar-refractivity contribution in [2.75, 3.05) is 25.6 Å². The van der Waals surface area contributed by atoms with E-state index in [1.54, 1.807) is 19.2 Å². The number of fused-ring (bicyclic) bond motifs is 1. The zero-order chi connectivity index (χ0) is 17.6. The molecule has 0 unspecified atom stereocenters. The van der Waals surface area contributed by atoms with E-state index in [1.807, 2.05) is 24.3 Å².